The second kappa shape index (κ2) is 4.06. The third-order valence-electron chi connectivity index (χ3n) is 1.90. The Morgan fingerprint density at radius 1 is 1.36 bits per heavy atom. The van der Waals surface area contributed by atoms with Gasteiger partial charge in [-0.25, -0.2) is 4.39 Å². The molecule has 0 aliphatic rings. The van der Waals surface area contributed by atoms with Crippen LogP contribution in [0.2, 0.25) is 0 Å². The van der Waals surface area contributed by atoms with Gasteiger partial charge in [0.2, 0.25) is 0 Å². The summed E-state index contributed by atoms with van der Waals surface area (Å²) in [6.45, 7) is 1.65. The molecule has 1 atom stereocenters. The monoisotopic (exact) mass is 218 g/mol. The van der Waals surface area contributed by atoms with Gasteiger partial charge in [0.15, 0.2) is 0 Å². The van der Waals surface area contributed by atoms with E-state index >= 15 is 0 Å². The zero-order chi connectivity index (χ0) is 10.8. The number of benzene rings is 1. The van der Waals surface area contributed by atoms with Crippen molar-refractivity contribution in [3.05, 3.63) is 35.6 Å². The second-order valence-electron chi connectivity index (χ2n) is 3.20. The summed E-state index contributed by atoms with van der Waals surface area (Å²) >= 11 is 0. The number of hydrogen-bond donors (Lipinski definition) is 1. The van der Waals surface area contributed by atoms with Crippen LogP contribution in [0.1, 0.15) is 18.4 Å². The molecule has 0 saturated heterocycles. The zero-order valence-electron chi connectivity index (χ0n) is 7.64. The lowest BCUT2D eigenvalue weighted by Crippen LogP contribution is -2.11. The first-order valence-electron chi connectivity index (χ1n) is 4.09. The predicted molar refractivity (Wildman–Crippen MR) is 51.2 cm³/mol. The Morgan fingerprint density at radius 2 is 1.86 bits per heavy atom. The van der Waals surface area contributed by atoms with E-state index in [2.05, 4.69) is 0 Å². The molecule has 0 bridgehead atoms. The van der Waals surface area contributed by atoms with Gasteiger partial charge in [0.1, 0.15) is 5.82 Å². The van der Waals surface area contributed by atoms with Crippen molar-refractivity contribution in [2.45, 2.75) is 12.8 Å². The van der Waals surface area contributed by atoms with E-state index in [1.807, 2.05) is 0 Å². The molecule has 3 nitrogen and oxygen atoms in total. The van der Waals surface area contributed by atoms with Crippen molar-refractivity contribution >= 4 is 10.1 Å². The third-order valence-corrected chi connectivity index (χ3v) is 2.82. The lowest BCUT2D eigenvalue weighted by molar-refractivity contribution is 0.479. The smallest absolute Gasteiger partial charge is 0.265 e. The highest BCUT2D eigenvalue weighted by atomic mass is 32.2. The molecule has 0 aromatic heterocycles. The Balaban J connectivity index is 2.80. The van der Waals surface area contributed by atoms with Gasteiger partial charge in [-0.1, -0.05) is 19.1 Å². The SMILES string of the molecule is CC(CS(=O)(=O)O)c1ccc(F)cc1. The van der Waals surface area contributed by atoms with Gasteiger partial charge in [0.05, 0.1) is 5.75 Å². The molecule has 78 valence electrons. The number of halogens is 1. The van der Waals surface area contributed by atoms with Crippen molar-refractivity contribution in [2.24, 2.45) is 0 Å². The van der Waals surface area contributed by atoms with E-state index in [-0.39, 0.29) is 17.5 Å². The van der Waals surface area contributed by atoms with Crippen LogP contribution < -0.4 is 0 Å². The van der Waals surface area contributed by atoms with Crippen LogP contribution in [0.15, 0.2) is 24.3 Å². The molecular formula is C9H11FO3S. The van der Waals surface area contributed by atoms with Crippen molar-refractivity contribution in [1.29, 1.82) is 0 Å². The molecule has 0 spiro atoms. The lowest BCUT2D eigenvalue weighted by atomic mass is 10.0. The molecule has 1 rings (SSSR count). The largest absolute Gasteiger partial charge is 0.286 e. The van der Waals surface area contributed by atoms with E-state index in [0.29, 0.717) is 5.56 Å². The van der Waals surface area contributed by atoms with Crippen LogP contribution in [-0.2, 0) is 10.1 Å². The van der Waals surface area contributed by atoms with Crippen molar-refractivity contribution in [2.75, 3.05) is 5.75 Å². The molecule has 1 aromatic rings. The topological polar surface area (TPSA) is 54.4 Å². The summed E-state index contributed by atoms with van der Waals surface area (Å²) in [5.41, 5.74) is 0.684. The minimum atomic E-state index is -3.98. The molecule has 0 radical (unpaired) electrons. The van der Waals surface area contributed by atoms with Gasteiger partial charge in [0, 0.05) is 0 Å². The molecular weight excluding hydrogens is 207 g/mol. The van der Waals surface area contributed by atoms with Crippen molar-refractivity contribution < 1.29 is 17.4 Å². The Kier molecular flexibility index (Phi) is 3.23. The Labute approximate surface area is 82.3 Å². The van der Waals surface area contributed by atoms with Gasteiger partial charge in [0.25, 0.3) is 10.1 Å². The summed E-state index contributed by atoms with van der Waals surface area (Å²) in [7, 11) is -3.98. The maximum atomic E-state index is 12.5. The summed E-state index contributed by atoms with van der Waals surface area (Å²) in [5, 5.41) is 0. The van der Waals surface area contributed by atoms with Gasteiger partial charge in [-0.3, -0.25) is 4.55 Å². The first-order chi connectivity index (χ1) is 6.38. The summed E-state index contributed by atoms with van der Waals surface area (Å²) < 4.78 is 42.2. The third kappa shape index (κ3) is 3.43. The highest BCUT2D eigenvalue weighted by molar-refractivity contribution is 7.85. The van der Waals surface area contributed by atoms with Crippen molar-refractivity contribution in [3.63, 3.8) is 0 Å². The van der Waals surface area contributed by atoms with Gasteiger partial charge in [-0.05, 0) is 23.6 Å². The summed E-state index contributed by atoms with van der Waals surface area (Å²) in [6.07, 6.45) is 0. The summed E-state index contributed by atoms with van der Waals surface area (Å²) in [4.78, 5) is 0. The second-order valence-corrected chi connectivity index (χ2v) is 4.70. The molecule has 0 amide bonds. The van der Waals surface area contributed by atoms with Gasteiger partial charge in [-0.2, -0.15) is 8.42 Å². The number of rotatable bonds is 3. The molecule has 1 unspecified atom stereocenters. The molecule has 1 aromatic carbocycles. The van der Waals surface area contributed by atoms with Gasteiger partial charge < -0.3 is 0 Å². The average molecular weight is 218 g/mol. The molecule has 5 heteroatoms. The minimum Gasteiger partial charge on any atom is -0.286 e. The fraction of sp³-hybridized carbons (Fsp3) is 0.333. The fourth-order valence-corrected chi connectivity index (χ4v) is 2.03. The van der Waals surface area contributed by atoms with Gasteiger partial charge in [-0.15, -0.1) is 0 Å². The molecule has 0 fully saturated rings. The van der Waals surface area contributed by atoms with Crippen LogP contribution in [-0.4, -0.2) is 18.7 Å². The van der Waals surface area contributed by atoms with Crippen LogP contribution in [0.5, 0.6) is 0 Å². The standard InChI is InChI=1S/C9H11FO3S/c1-7(6-14(11,12)13)8-2-4-9(10)5-3-8/h2-5,7H,6H2,1H3,(H,11,12,13). The molecule has 0 aliphatic heterocycles. The molecule has 1 N–H and O–H groups in total. The van der Waals surface area contributed by atoms with Crippen LogP contribution in [0.4, 0.5) is 4.39 Å². The van der Waals surface area contributed by atoms with Gasteiger partial charge >= 0.3 is 0 Å². The van der Waals surface area contributed by atoms with Crippen molar-refractivity contribution in [3.8, 4) is 0 Å². The molecule has 0 heterocycles. The van der Waals surface area contributed by atoms with E-state index in [1.54, 1.807) is 6.92 Å². The van der Waals surface area contributed by atoms with Crippen molar-refractivity contribution in [1.82, 2.24) is 0 Å². The Morgan fingerprint density at radius 3 is 2.29 bits per heavy atom. The Bertz CT molecular complexity index is 397. The fourth-order valence-electron chi connectivity index (χ4n) is 1.20. The van der Waals surface area contributed by atoms with Crippen LogP contribution in [0, 0.1) is 5.82 Å². The van der Waals surface area contributed by atoms with E-state index in [0.717, 1.165) is 0 Å². The maximum absolute atomic E-state index is 12.5. The quantitative estimate of drug-likeness (QED) is 0.787. The average Bonchev–Trinajstić information content (AvgIpc) is 2.02. The van der Waals surface area contributed by atoms with Crippen LogP contribution in [0.25, 0.3) is 0 Å². The zero-order valence-corrected chi connectivity index (χ0v) is 8.46. The predicted octanol–water partition coefficient (Wildman–Crippen LogP) is 1.82. The van der Waals surface area contributed by atoms with E-state index in [4.69, 9.17) is 4.55 Å². The van der Waals surface area contributed by atoms with Crippen LogP contribution >= 0.6 is 0 Å². The normalized spacial score (nSPS) is 13.9. The molecule has 0 aliphatic carbocycles. The van der Waals surface area contributed by atoms with Crippen LogP contribution in [0.3, 0.4) is 0 Å². The molecule has 14 heavy (non-hydrogen) atoms. The van der Waals surface area contributed by atoms with E-state index < -0.39 is 10.1 Å². The Hall–Kier alpha value is -0.940. The summed E-state index contributed by atoms with van der Waals surface area (Å²) in [5.74, 6) is -1.06. The first-order valence-corrected chi connectivity index (χ1v) is 5.70. The number of hydrogen-bond acceptors (Lipinski definition) is 2. The first kappa shape index (κ1) is 11.1. The van der Waals surface area contributed by atoms with E-state index in [1.165, 1.54) is 24.3 Å². The highest BCUT2D eigenvalue weighted by Crippen LogP contribution is 2.16. The highest BCUT2D eigenvalue weighted by Gasteiger charge is 2.13. The lowest BCUT2D eigenvalue weighted by Gasteiger charge is -2.08. The summed E-state index contributed by atoms with van der Waals surface area (Å²) in [6, 6.07) is 5.53. The molecule has 0 saturated carbocycles. The minimum absolute atomic E-state index is 0.342. The van der Waals surface area contributed by atoms with E-state index in [9.17, 15) is 12.8 Å². The maximum Gasteiger partial charge on any atom is 0.265 e.